The van der Waals surface area contributed by atoms with Crippen molar-refractivity contribution in [3.63, 3.8) is 0 Å². The lowest BCUT2D eigenvalue weighted by molar-refractivity contribution is -0.121. The Hall–Kier alpha value is -0.370. The maximum atomic E-state index is 10.9. The van der Waals surface area contributed by atoms with Crippen LogP contribution in [0.2, 0.25) is 0 Å². The van der Waals surface area contributed by atoms with Crippen molar-refractivity contribution in [3.05, 3.63) is 0 Å². The van der Waals surface area contributed by atoms with Gasteiger partial charge in [0, 0.05) is 11.8 Å². The minimum Gasteiger partial charge on any atom is -0.361 e. The van der Waals surface area contributed by atoms with Crippen LogP contribution in [0.1, 0.15) is 20.3 Å². The molecule has 0 spiro atoms. The van der Waals surface area contributed by atoms with E-state index in [1.165, 1.54) is 0 Å². The van der Waals surface area contributed by atoms with Gasteiger partial charge in [0.15, 0.2) is 5.78 Å². The highest BCUT2D eigenvalue weighted by Crippen LogP contribution is 2.48. The molecule has 0 unspecified atom stereocenters. The van der Waals surface area contributed by atoms with Gasteiger partial charge >= 0.3 is 0 Å². The van der Waals surface area contributed by atoms with Crippen molar-refractivity contribution < 1.29 is 9.53 Å². The molecular weight excluding hydrogens is 116 g/mol. The van der Waals surface area contributed by atoms with Crippen molar-refractivity contribution in [2.24, 2.45) is 5.41 Å². The van der Waals surface area contributed by atoms with Gasteiger partial charge in [-0.1, -0.05) is 13.8 Å². The van der Waals surface area contributed by atoms with Gasteiger partial charge in [-0.3, -0.25) is 4.79 Å². The maximum Gasteiger partial charge on any atom is 0.164 e. The maximum absolute atomic E-state index is 10.9. The van der Waals surface area contributed by atoms with E-state index in [9.17, 15) is 4.79 Å². The third kappa shape index (κ3) is 0.568. The van der Waals surface area contributed by atoms with Gasteiger partial charge in [-0.05, 0) is 0 Å². The molecule has 1 saturated carbocycles. The topological polar surface area (TPSA) is 29.6 Å². The number of carbonyl (C=O) groups is 1. The molecule has 2 atom stereocenters. The lowest BCUT2D eigenvalue weighted by atomic mass is 9.91. The first-order valence-corrected chi connectivity index (χ1v) is 3.29. The van der Waals surface area contributed by atoms with Crippen molar-refractivity contribution in [3.8, 4) is 0 Å². The van der Waals surface area contributed by atoms with Gasteiger partial charge in [-0.2, -0.15) is 0 Å². The minimum atomic E-state index is -0.0139. The molecule has 1 aliphatic heterocycles. The smallest absolute Gasteiger partial charge is 0.164 e. The second kappa shape index (κ2) is 1.21. The van der Waals surface area contributed by atoms with E-state index in [0.717, 1.165) is 0 Å². The van der Waals surface area contributed by atoms with Gasteiger partial charge in [0.1, 0.15) is 6.10 Å². The second-order valence-electron chi connectivity index (χ2n) is 3.61. The fourth-order valence-electron chi connectivity index (χ4n) is 1.60. The number of rotatable bonds is 0. The summed E-state index contributed by atoms with van der Waals surface area (Å²) in [6.07, 6.45) is 0.951. The van der Waals surface area contributed by atoms with Crippen LogP contribution in [0, 0.1) is 5.41 Å². The molecule has 0 amide bonds. The van der Waals surface area contributed by atoms with E-state index in [1.54, 1.807) is 0 Å². The van der Waals surface area contributed by atoms with E-state index < -0.39 is 0 Å². The molecule has 1 saturated heterocycles. The number of ketones is 1. The van der Waals surface area contributed by atoms with E-state index in [0.29, 0.717) is 12.2 Å². The first kappa shape index (κ1) is 5.42. The quantitative estimate of drug-likeness (QED) is 0.448. The monoisotopic (exact) mass is 126 g/mol. The fourth-order valence-corrected chi connectivity index (χ4v) is 1.60. The number of Topliss-reactive ketones (excluding diaryl/α,β-unsaturated/α-hetero) is 1. The molecular formula is C7H10O2. The van der Waals surface area contributed by atoms with Gasteiger partial charge < -0.3 is 4.74 Å². The molecule has 0 N–H and O–H groups in total. The Morgan fingerprint density at radius 2 is 2.33 bits per heavy atom. The summed E-state index contributed by atoms with van der Waals surface area (Å²) in [6.45, 7) is 4.17. The molecule has 1 heterocycles. The summed E-state index contributed by atoms with van der Waals surface area (Å²) in [5.74, 6) is 0.296. The lowest BCUT2D eigenvalue weighted by Crippen LogP contribution is -2.15. The summed E-state index contributed by atoms with van der Waals surface area (Å²) in [5.41, 5.74) is 0.127. The Bertz CT molecular complexity index is 172. The van der Waals surface area contributed by atoms with Crippen LogP contribution < -0.4 is 0 Å². The fraction of sp³-hybridized carbons (Fsp3) is 0.857. The summed E-state index contributed by atoms with van der Waals surface area (Å²) < 4.78 is 5.13. The van der Waals surface area contributed by atoms with Crippen molar-refractivity contribution in [2.75, 3.05) is 0 Å². The Kier molecular flexibility index (Phi) is 0.730. The van der Waals surface area contributed by atoms with E-state index in [-0.39, 0.29) is 17.6 Å². The number of hydrogen-bond acceptors (Lipinski definition) is 2. The Morgan fingerprint density at radius 3 is 2.44 bits per heavy atom. The van der Waals surface area contributed by atoms with Crippen LogP contribution in [0.25, 0.3) is 0 Å². The van der Waals surface area contributed by atoms with E-state index in [1.807, 2.05) is 0 Å². The Balaban J connectivity index is 2.26. The van der Waals surface area contributed by atoms with Crippen LogP contribution in [-0.4, -0.2) is 18.0 Å². The first-order valence-electron chi connectivity index (χ1n) is 3.29. The second-order valence-corrected chi connectivity index (χ2v) is 3.61. The molecule has 1 aliphatic carbocycles. The number of carbonyl (C=O) groups excluding carboxylic acids is 1. The van der Waals surface area contributed by atoms with Crippen LogP contribution >= 0.6 is 0 Å². The molecule has 2 heteroatoms. The molecule has 0 bridgehead atoms. The predicted molar refractivity (Wildman–Crippen MR) is 32.1 cm³/mol. The Labute approximate surface area is 54.2 Å². The number of epoxide rings is 1. The van der Waals surface area contributed by atoms with Crippen molar-refractivity contribution in [2.45, 2.75) is 32.5 Å². The SMILES string of the molecule is CC1(C)CC(=O)[C@H]2O[C@@H]21. The van der Waals surface area contributed by atoms with Crippen molar-refractivity contribution in [1.29, 1.82) is 0 Å². The molecule has 0 aromatic carbocycles. The largest absolute Gasteiger partial charge is 0.361 e. The van der Waals surface area contributed by atoms with Gasteiger partial charge in [0.05, 0.1) is 6.10 Å². The minimum absolute atomic E-state index is 0.0139. The zero-order valence-electron chi connectivity index (χ0n) is 5.68. The van der Waals surface area contributed by atoms with Crippen molar-refractivity contribution in [1.82, 2.24) is 0 Å². The first-order chi connectivity index (χ1) is 4.11. The highest BCUT2D eigenvalue weighted by Gasteiger charge is 2.60. The predicted octanol–water partition coefficient (Wildman–Crippen LogP) is 0.753. The lowest BCUT2D eigenvalue weighted by Gasteiger charge is -2.15. The summed E-state index contributed by atoms with van der Waals surface area (Å²) in [6, 6.07) is 0. The molecule has 9 heavy (non-hydrogen) atoms. The Morgan fingerprint density at radius 1 is 1.67 bits per heavy atom. The molecule has 0 aromatic heterocycles. The third-order valence-corrected chi connectivity index (χ3v) is 2.21. The summed E-state index contributed by atoms with van der Waals surface area (Å²) in [4.78, 5) is 10.9. The van der Waals surface area contributed by atoms with Crippen LogP contribution in [0.4, 0.5) is 0 Å². The van der Waals surface area contributed by atoms with Crippen LogP contribution in [0.5, 0.6) is 0 Å². The van der Waals surface area contributed by atoms with Crippen LogP contribution in [-0.2, 0) is 9.53 Å². The normalized spacial score (nSPS) is 44.9. The molecule has 2 nitrogen and oxygen atoms in total. The number of hydrogen-bond donors (Lipinski definition) is 0. The zero-order valence-corrected chi connectivity index (χ0v) is 5.68. The molecule has 0 aromatic rings. The number of fused-ring (bicyclic) bond motifs is 1. The zero-order chi connectivity index (χ0) is 6.65. The standard InChI is InChI=1S/C7H10O2/c1-7(2)3-4(8)5-6(7)9-5/h5-6H,3H2,1-2H3/t5-,6+/m1/s1. The molecule has 2 fully saturated rings. The van der Waals surface area contributed by atoms with Crippen LogP contribution in [0.15, 0.2) is 0 Å². The molecule has 50 valence electrons. The third-order valence-electron chi connectivity index (χ3n) is 2.21. The van der Waals surface area contributed by atoms with Crippen molar-refractivity contribution >= 4 is 5.78 Å². The van der Waals surface area contributed by atoms with Crippen LogP contribution in [0.3, 0.4) is 0 Å². The van der Waals surface area contributed by atoms with Gasteiger partial charge in [-0.25, -0.2) is 0 Å². The van der Waals surface area contributed by atoms with Gasteiger partial charge in [0.2, 0.25) is 0 Å². The van der Waals surface area contributed by atoms with Gasteiger partial charge in [0.25, 0.3) is 0 Å². The average molecular weight is 126 g/mol. The highest BCUT2D eigenvalue weighted by molar-refractivity contribution is 5.89. The van der Waals surface area contributed by atoms with E-state index >= 15 is 0 Å². The summed E-state index contributed by atoms with van der Waals surface area (Å²) >= 11 is 0. The molecule has 2 rings (SSSR count). The summed E-state index contributed by atoms with van der Waals surface area (Å²) in [7, 11) is 0. The van der Waals surface area contributed by atoms with Gasteiger partial charge in [-0.15, -0.1) is 0 Å². The molecule has 0 radical (unpaired) electrons. The summed E-state index contributed by atoms with van der Waals surface area (Å²) in [5, 5.41) is 0. The average Bonchev–Trinajstić information content (AvgIpc) is 2.33. The molecule has 2 aliphatic rings. The highest BCUT2D eigenvalue weighted by atomic mass is 16.6. The van der Waals surface area contributed by atoms with E-state index in [2.05, 4.69) is 13.8 Å². The number of ether oxygens (including phenoxy) is 1. The van der Waals surface area contributed by atoms with E-state index in [4.69, 9.17) is 4.74 Å².